The van der Waals surface area contributed by atoms with Gasteiger partial charge in [-0.3, -0.25) is 13.9 Å². The number of nitrogens with zero attached hydrogens (tertiary/aromatic N) is 2. The van der Waals surface area contributed by atoms with Gasteiger partial charge in [0.1, 0.15) is 18.3 Å². The first-order valence-corrected chi connectivity index (χ1v) is 15.6. The number of benzene rings is 3. The Labute approximate surface area is 245 Å². The van der Waals surface area contributed by atoms with Gasteiger partial charge >= 0.3 is 0 Å². The third-order valence-electron chi connectivity index (χ3n) is 6.34. The van der Waals surface area contributed by atoms with Gasteiger partial charge in [0.2, 0.25) is 11.8 Å². The number of rotatable bonds is 14. The molecule has 0 bridgehead atoms. The first-order chi connectivity index (χ1) is 19.2. The van der Waals surface area contributed by atoms with Crippen molar-refractivity contribution in [2.75, 3.05) is 30.5 Å². The second-order valence-corrected chi connectivity index (χ2v) is 11.8. The van der Waals surface area contributed by atoms with Gasteiger partial charge in [0.15, 0.2) is 0 Å². The molecule has 1 N–H and O–H groups in total. The van der Waals surface area contributed by atoms with E-state index in [0.717, 1.165) is 14.3 Å². The van der Waals surface area contributed by atoms with Crippen molar-refractivity contribution in [3.05, 3.63) is 88.9 Å². The van der Waals surface area contributed by atoms with Crippen LogP contribution in [0.5, 0.6) is 5.75 Å². The van der Waals surface area contributed by atoms with Crippen LogP contribution in [0.1, 0.15) is 32.8 Å². The average Bonchev–Trinajstić information content (AvgIpc) is 2.95. The fourth-order valence-corrected chi connectivity index (χ4v) is 6.00. The molecule has 0 aliphatic rings. The molecule has 0 unspecified atom stereocenters. The van der Waals surface area contributed by atoms with Crippen molar-refractivity contribution >= 4 is 43.5 Å². The third-order valence-corrected chi connectivity index (χ3v) is 8.65. The summed E-state index contributed by atoms with van der Waals surface area (Å²) in [6, 6.07) is 21.7. The quantitative estimate of drug-likeness (QED) is 0.270. The molecule has 0 radical (unpaired) electrons. The van der Waals surface area contributed by atoms with Gasteiger partial charge in [-0.1, -0.05) is 53.2 Å². The predicted octanol–water partition coefficient (Wildman–Crippen LogP) is 5.03. The number of nitrogens with one attached hydrogen (secondary N) is 1. The Morgan fingerprint density at radius 3 is 2.15 bits per heavy atom. The summed E-state index contributed by atoms with van der Waals surface area (Å²) in [4.78, 5) is 28.5. The lowest BCUT2D eigenvalue weighted by atomic mass is 10.1. The summed E-state index contributed by atoms with van der Waals surface area (Å²) in [5.41, 5.74) is 1.32. The van der Waals surface area contributed by atoms with Crippen molar-refractivity contribution in [3.63, 3.8) is 0 Å². The molecule has 214 valence electrons. The van der Waals surface area contributed by atoms with Crippen molar-refractivity contribution in [2.45, 2.75) is 44.6 Å². The summed E-state index contributed by atoms with van der Waals surface area (Å²) in [6.07, 6.45) is 0.903. The lowest BCUT2D eigenvalue weighted by Gasteiger charge is -2.33. The van der Waals surface area contributed by atoms with Gasteiger partial charge in [-0.15, -0.1) is 0 Å². The van der Waals surface area contributed by atoms with E-state index in [9.17, 15) is 18.0 Å². The normalized spacial score (nSPS) is 11.9. The number of sulfonamides is 1. The maximum atomic E-state index is 14.0. The van der Waals surface area contributed by atoms with E-state index in [0.29, 0.717) is 37.4 Å². The van der Waals surface area contributed by atoms with Crippen molar-refractivity contribution in [2.24, 2.45) is 0 Å². The van der Waals surface area contributed by atoms with Gasteiger partial charge in [0.05, 0.1) is 17.2 Å². The Hall–Kier alpha value is -3.37. The minimum Gasteiger partial charge on any atom is -0.494 e. The zero-order chi connectivity index (χ0) is 29.1. The van der Waals surface area contributed by atoms with Crippen LogP contribution in [0.2, 0.25) is 0 Å². The zero-order valence-electron chi connectivity index (χ0n) is 23.0. The van der Waals surface area contributed by atoms with E-state index in [4.69, 9.17) is 4.74 Å². The molecule has 0 aliphatic carbocycles. The molecule has 0 heterocycles. The molecule has 2 amide bonds. The highest BCUT2D eigenvalue weighted by Crippen LogP contribution is 2.27. The van der Waals surface area contributed by atoms with E-state index in [1.807, 2.05) is 51.1 Å². The summed E-state index contributed by atoms with van der Waals surface area (Å²) in [6.45, 7) is 6.19. The van der Waals surface area contributed by atoms with Gasteiger partial charge in [0.25, 0.3) is 10.0 Å². The second-order valence-electron chi connectivity index (χ2n) is 9.03. The zero-order valence-corrected chi connectivity index (χ0v) is 25.4. The summed E-state index contributed by atoms with van der Waals surface area (Å²) < 4.78 is 35.1. The van der Waals surface area contributed by atoms with Crippen LogP contribution >= 0.6 is 15.9 Å². The van der Waals surface area contributed by atoms with Crippen LogP contribution in [-0.2, 0) is 26.0 Å². The molecule has 0 saturated carbocycles. The molecule has 0 aromatic heterocycles. The Kier molecular flexibility index (Phi) is 11.6. The number of ether oxygens (including phenoxy) is 1. The van der Waals surface area contributed by atoms with Crippen LogP contribution in [0.15, 0.2) is 88.2 Å². The number of carbonyl (C=O) groups is 2. The molecule has 40 heavy (non-hydrogen) atoms. The van der Waals surface area contributed by atoms with Crippen molar-refractivity contribution in [1.82, 2.24) is 10.2 Å². The molecule has 0 aliphatic heterocycles. The highest BCUT2D eigenvalue weighted by Gasteiger charge is 2.33. The smallest absolute Gasteiger partial charge is 0.264 e. The van der Waals surface area contributed by atoms with E-state index in [-0.39, 0.29) is 17.3 Å². The number of hydrogen-bond donors (Lipinski definition) is 1. The van der Waals surface area contributed by atoms with E-state index in [1.165, 1.54) is 17.0 Å². The van der Waals surface area contributed by atoms with Gasteiger partial charge < -0.3 is 15.0 Å². The Morgan fingerprint density at radius 2 is 1.57 bits per heavy atom. The standard InChI is InChI=1S/C30H36BrN3O5S/c1-4-28(30(36)32-5-2)33(21-20-23-10-8-7-9-11-23)29(35)22-34(25-14-16-26(17-15-25)39-6-3)40(37,38)27-18-12-24(31)13-19-27/h7-19,28H,4-6,20-22H2,1-3H3,(H,32,36)/t28-/m0/s1. The fourth-order valence-electron chi connectivity index (χ4n) is 4.33. The average molecular weight is 631 g/mol. The Bertz CT molecular complexity index is 1350. The second kappa shape index (κ2) is 14.9. The topological polar surface area (TPSA) is 96.0 Å². The summed E-state index contributed by atoms with van der Waals surface area (Å²) >= 11 is 3.34. The first-order valence-electron chi connectivity index (χ1n) is 13.3. The molecule has 8 nitrogen and oxygen atoms in total. The molecule has 0 saturated heterocycles. The molecular formula is C30H36BrN3O5S. The largest absolute Gasteiger partial charge is 0.494 e. The minimum atomic E-state index is -4.13. The molecule has 3 aromatic rings. The van der Waals surface area contributed by atoms with Gasteiger partial charge in [-0.25, -0.2) is 8.42 Å². The number of carbonyl (C=O) groups excluding carboxylic acids is 2. The van der Waals surface area contributed by atoms with Gasteiger partial charge in [-0.05, 0) is 80.8 Å². The lowest BCUT2D eigenvalue weighted by Crippen LogP contribution is -2.53. The van der Waals surface area contributed by atoms with Crippen LogP contribution in [0, 0.1) is 0 Å². The summed E-state index contributed by atoms with van der Waals surface area (Å²) in [5, 5.41) is 2.81. The molecule has 0 spiro atoms. The van der Waals surface area contributed by atoms with Crippen molar-refractivity contribution in [3.8, 4) is 5.75 Å². The number of amides is 2. The maximum absolute atomic E-state index is 14.0. The fraction of sp³-hybridized carbons (Fsp3) is 0.333. The van der Waals surface area contributed by atoms with E-state index < -0.39 is 28.5 Å². The van der Waals surface area contributed by atoms with Gasteiger partial charge in [-0.2, -0.15) is 0 Å². The Morgan fingerprint density at radius 1 is 0.925 bits per heavy atom. The molecule has 0 fully saturated rings. The third kappa shape index (κ3) is 8.08. The summed E-state index contributed by atoms with van der Waals surface area (Å²) in [5.74, 6) is -0.149. The molecule has 1 atom stereocenters. The predicted molar refractivity (Wildman–Crippen MR) is 161 cm³/mol. The molecule has 3 aromatic carbocycles. The SMILES string of the molecule is CCNC(=O)[C@H](CC)N(CCc1ccccc1)C(=O)CN(c1ccc(OCC)cc1)S(=O)(=O)c1ccc(Br)cc1. The number of halogens is 1. The van der Waals surface area contributed by atoms with Crippen LogP contribution in [0.4, 0.5) is 5.69 Å². The van der Waals surface area contributed by atoms with E-state index in [1.54, 1.807) is 36.4 Å². The number of likely N-dealkylation sites (N-methyl/N-ethyl adjacent to an activating group) is 1. The number of hydrogen-bond acceptors (Lipinski definition) is 5. The van der Waals surface area contributed by atoms with Crippen LogP contribution < -0.4 is 14.4 Å². The Balaban J connectivity index is 2.00. The van der Waals surface area contributed by atoms with E-state index in [2.05, 4.69) is 21.2 Å². The molecular weight excluding hydrogens is 594 g/mol. The minimum absolute atomic E-state index is 0.0454. The summed E-state index contributed by atoms with van der Waals surface area (Å²) in [7, 11) is -4.13. The number of anilines is 1. The highest BCUT2D eigenvalue weighted by molar-refractivity contribution is 9.10. The lowest BCUT2D eigenvalue weighted by molar-refractivity contribution is -0.139. The highest BCUT2D eigenvalue weighted by atomic mass is 79.9. The van der Waals surface area contributed by atoms with Crippen molar-refractivity contribution < 1.29 is 22.7 Å². The monoisotopic (exact) mass is 629 g/mol. The molecule has 3 rings (SSSR count). The van der Waals surface area contributed by atoms with Gasteiger partial charge in [0, 0.05) is 17.6 Å². The molecule has 10 heteroatoms. The van der Waals surface area contributed by atoms with Crippen LogP contribution in [0.25, 0.3) is 0 Å². The van der Waals surface area contributed by atoms with Crippen LogP contribution in [0.3, 0.4) is 0 Å². The van der Waals surface area contributed by atoms with Crippen LogP contribution in [-0.4, -0.2) is 57.4 Å². The van der Waals surface area contributed by atoms with E-state index >= 15 is 0 Å². The maximum Gasteiger partial charge on any atom is 0.264 e. The first kappa shape index (κ1) is 31.2. The van der Waals surface area contributed by atoms with Crippen molar-refractivity contribution in [1.29, 1.82) is 0 Å².